The summed E-state index contributed by atoms with van der Waals surface area (Å²) in [6.07, 6.45) is 4.45. The summed E-state index contributed by atoms with van der Waals surface area (Å²) < 4.78 is 0. The lowest BCUT2D eigenvalue weighted by Gasteiger charge is -2.10. The van der Waals surface area contributed by atoms with Gasteiger partial charge in [0.1, 0.15) is 0 Å². The monoisotopic (exact) mass is 245 g/mol. The molecule has 1 atom stereocenters. The molecule has 5 heteroatoms. The summed E-state index contributed by atoms with van der Waals surface area (Å²) in [4.78, 5) is 0. The first-order chi connectivity index (χ1) is 8.90. The van der Waals surface area contributed by atoms with Crippen molar-refractivity contribution in [3.05, 3.63) is 41.7 Å². The van der Waals surface area contributed by atoms with Crippen molar-refractivity contribution in [1.82, 2.24) is 20.6 Å². The van der Waals surface area contributed by atoms with Crippen molar-refractivity contribution in [3.63, 3.8) is 0 Å². The Hall–Kier alpha value is -1.75. The zero-order chi connectivity index (χ0) is 12.6. The molecule has 0 radical (unpaired) electrons. The average Bonchev–Trinajstić information content (AvgIpc) is 2.94. The van der Waals surface area contributed by atoms with Crippen LogP contribution < -0.4 is 5.73 Å². The molecule has 0 saturated heterocycles. The van der Waals surface area contributed by atoms with Gasteiger partial charge in [-0.1, -0.05) is 36.8 Å². The molecule has 96 valence electrons. The molecule has 0 amide bonds. The molecule has 2 rings (SSSR count). The van der Waals surface area contributed by atoms with Crippen LogP contribution in [-0.2, 0) is 6.42 Å². The third-order valence-electron chi connectivity index (χ3n) is 3.14. The van der Waals surface area contributed by atoms with Crippen LogP contribution in [0, 0.1) is 0 Å². The quantitative estimate of drug-likeness (QED) is 0.727. The minimum absolute atomic E-state index is 0.246. The number of nitrogens with two attached hydrogens (primary N) is 1. The van der Waals surface area contributed by atoms with E-state index in [1.54, 1.807) is 0 Å². The van der Waals surface area contributed by atoms with Crippen molar-refractivity contribution in [1.29, 1.82) is 0 Å². The highest BCUT2D eigenvalue weighted by Crippen LogP contribution is 2.17. The summed E-state index contributed by atoms with van der Waals surface area (Å²) in [5, 5.41) is 13.9. The van der Waals surface area contributed by atoms with Crippen LogP contribution in [0.5, 0.6) is 0 Å². The Balaban J connectivity index is 1.71. The molecule has 5 nitrogen and oxygen atoms in total. The van der Waals surface area contributed by atoms with Crippen LogP contribution in [0.1, 0.15) is 36.6 Å². The largest absolute Gasteiger partial charge is 0.330 e. The van der Waals surface area contributed by atoms with E-state index in [2.05, 4.69) is 44.9 Å². The van der Waals surface area contributed by atoms with Crippen molar-refractivity contribution in [2.45, 2.75) is 31.6 Å². The normalized spacial score (nSPS) is 12.5. The fraction of sp³-hybridized carbons (Fsp3) is 0.462. The van der Waals surface area contributed by atoms with Gasteiger partial charge in [0.25, 0.3) is 0 Å². The molecule has 0 aliphatic heterocycles. The number of benzene rings is 1. The second-order valence-electron chi connectivity index (χ2n) is 4.45. The van der Waals surface area contributed by atoms with Gasteiger partial charge in [0, 0.05) is 12.5 Å². The molecule has 1 unspecified atom stereocenters. The van der Waals surface area contributed by atoms with Crippen molar-refractivity contribution in [2.24, 2.45) is 5.73 Å². The first-order valence-electron chi connectivity index (χ1n) is 6.37. The topological polar surface area (TPSA) is 80.5 Å². The number of hydrogen-bond donors (Lipinski definition) is 2. The van der Waals surface area contributed by atoms with E-state index >= 15 is 0 Å². The zero-order valence-corrected chi connectivity index (χ0v) is 10.4. The minimum atomic E-state index is 0.246. The van der Waals surface area contributed by atoms with Gasteiger partial charge in [-0.2, -0.15) is 0 Å². The zero-order valence-electron chi connectivity index (χ0n) is 10.4. The van der Waals surface area contributed by atoms with E-state index < -0.39 is 0 Å². The van der Waals surface area contributed by atoms with E-state index in [1.807, 2.05) is 6.07 Å². The number of nitrogens with zero attached hydrogens (tertiary/aromatic N) is 3. The number of unbranched alkanes of at least 4 members (excludes halogenated alkanes) is 1. The van der Waals surface area contributed by atoms with Crippen molar-refractivity contribution in [3.8, 4) is 0 Å². The van der Waals surface area contributed by atoms with E-state index in [1.165, 1.54) is 12.0 Å². The number of rotatable bonds is 7. The molecular weight excluding hydrogens is 226 g/mol. The Kier molecular flexibility index (Phi) is 4.84. The van der Waals surface area contributed by atoms with E-state index in [0.29, 0.717) is 6.54 Å². The Bertz CT molecular complexity index is 426. The molecule has 1 heterocycles. The van der Waals surface area contributed by atoms with Crippen LogP contribution in [-0.4, -0.2) is 27.2 Å². The van der Waals surface area contributed by atoms with Crippen LogP contribution in [0.25, 0.3) is 0 Å². The Morgan fingerprint density at radius 1 is 1.17 bits per heavy atom. The maximum Gasteiger partial charge on any atom is 0.152 e. The summed E-state index contributed by atoms with van der Waals surface area (Å²) >= 11 is 0. The highest BCUT2D eigenvalue weighted by atomic mass is 15.5. The maximum absolute atomic E-state index is 5.74. The lowest BCUT2D eigenvalue weighted by Crippen LogP contribution is -2.14. The number of aromatic nitrogens is 4. The van der Waals surface area contributed by atoms with E-state index in [-0.39, 0.29) is 5.92 Å². The first-order valence-corrected chi connectivity index (χ1v) is 6.37. The number of aromatic amines is 1. The number of tetrazole rings is 1. The predicted molar refractivity (Wildman–Crippen MR) is 70.0 cm³/mol. The second-order valence-corrected chi connectivity index (χ2v) is 4.45. The third-order valence-corrected chi connectivity index (χ3v) is 3.14. The van der Waals surface area contributed by atoms with Crippen LogP contribution in [0.15, 0.2) is 30.3 Å². The molecule has 0 aliphatic carbocycles. The van der Waals surface area contributed by atoms with E-state index in [0.717, 1.165) is 25.1 Å². The van der Waals surface area contributed by atoms with E-state index in [4.69, 9.17) is 5.73 Å². The fourth-order valence-electron chi connectivity index (χ4n) is 2.07. The van der Waals surface area contributed by atoms with Crippen LogP contribution in [0.2, 0.25) is 0 Å². The molecule has 0 saturated carbocycles. The van der Waals surface area contributed by atoms with Crippen LogP contribution >= 0.6 is 0 Å². The Morgan fingerprint density at radius 2 is 2.00 bits per heavy atom. The van der Waals surface area contributed by atoms with Gasteiger partial charge in [0.05, 0.1) is 0 Å². The molecule has 0 bridgehead atoms. The van der Waals surface area contributed by atoms with Gasteiger partial charge >= 0.3 is 0 Å². The van der Waals surface area contributed by atoms with Gasteiger partial charge < -0.3 is 5.73 Å². The SMILES string of the molecule is NCC(CCCCc1ccccc1)c1nnn[nH]1. The smallest absolute Gasteiger partial charge is 0.152 e. The number of aryl methyl sites for hydroxylation is 1. The van der Waals surface area contributed by atoms with Crippen LogP contribution in [0.4, 0.5) is 0 Å². The molecule has 1 aromatic heterocycles. The van der Waals surface area contributed by atoms with Crippen LogP contribution in [0.3, 0.4) is 0 Å². The summed E-state index contributed by atoms with van der Waals surface area (Å²) in [6, 6.07) is 10.5. The van der Waals surface area contributed by atoms with Crippen molar-refractivity contribution >= 4 is 0 Å². The summed E-state index contributed by atoms with van der Waals surface area (Å²) in [5.74, 6) is 1.05. The lowest BCUT2D eigenvalue weighted by atomic mass is 9.99. The first kappa shape index (κ1) is 12.7. The molecule has 0 fully saturated rings. The highest BCUT2D eigenvalue weighted by molar-refractivity contribution is 5.14. The summed E-state index contributed by atoms with van der Waals surface area (Å²) in [7, 11) is 0. The van der Waals surface area contributed by atoms with Gasteiger partial charge in [0.15, 0.2) is 5.82 Å². The van der Waals surface area contributed by atoms with Gasteiger partial charge in [-0.25, -0.2) is 5.10 Å². The molecule has 1 aromatic carbocycles. The van der Waals surface area contributed by atoms with Gasteiger partial charge in [-0.15, -0.1) is 5.10 Å². The lowest BCUT2D eigenvalue weighted by molar-refractivity contribution is 0.554. The van der Waals surface area contributed by atoms with E-state index in [9.17, 15) is 0 Å². The second kappa shape index (κ2) is 6.86. The molecule has 0 aliphatic rings. The molecule has 0 spiro atoms. The van der Waals surface area contributed by atoms with Gasteiger partial charge in [0.2, 0.25) is 0 Å². The molecular formula is C13H19N5. The summed E-state index contributed by atoms with van der Waals surface area (Å²) in [5.41, 5.74) is 7.13. The predicted octanol–water partition coefficient (Wildman–Crippen LogP) is 1.65. The van der Waals surface area contributed by atoms with Gasteiger partial charge in [-0.3, -0.25) is 0 Å². The molecule has 2 aromatic rings. The minimum Gasteiger partial charge on any atom is -0.330 e. The Morgan fingerprint density at radius 3 is 2.67 bits per heavy atom. The average molecular weight is 245 g/mol. The highest BCUT2D eigenvalue weighted by Gasteiger charge is 2.12. The molecule has 3 N–H and O–H groups in total. The van der Waals surface area contributed by atoms with Gasteiger partial charge in [-0.05, 0) is 35.3 Å². The third kappa shape index (κ3) is 3.63. The summed E-state index contributed by atoms with van der Waals surface area (Å²) in [6.45, 7) is 0.586. The molecule has 18 heavy (non-hydrogen) atoms. The fourth-order valence-corrected chi connectivity index (χ4v) is 2.07. The standard InChI is InChI=1S/C13H19N5/c14-10-12(13-15-17-18-16-13)9-5-4-8-11-6-2-1-3-7-11/h1-3,6-7,12H,4-5,8-10,14H2,(H,15,16,17,18). The van der Waals surface area contributed by atoms with Crippen molar-refractivity contribution < 1.29 is 0 Å². The van der Waals surface area contributed by atoms with Crippen molar-refractivity contribution in [2.75, 3.05) is 6.54 Å². The number of H-pyrrole nitrogens is 1. The Labute approximate surface area is 107 Å². The number of hydrogen-bond acceptors (Lipinski definition) is 4. The maximum atomic E-state index is 5.74. The number of nitrogens with one attached hydrogen (secondary N) is 1.